The maximum Gasteiger partial charge on any atom is 1.00 e. The van der Waals surface area contributed by atoms with Gasteiger partial charge in [-0.25, -0.2) is 69.6 Å². The number of ketones is 2. The number of sulfone groups is 3. The molecule has 0 spiro atoms. The maximum absolute atomic E-state index is 12.1. The van der Waals surface area contributed by atoms with Crippen molar-refractivity contribution in [2.45, 2.75) is 66.2 Å². The van der Waals surface area contributed by atoms with E-state index >= 15 is 0 Å². The Kier molecular flexibility index (Phi) is 27.7. The molecule has 0 fully saturated rings. The molecule has 0 atom stereocenters. The van der Waals surface area contributed by atoms with Crippen LogP contribution in [0.15, 0.2) is 98.1 Å². The summed E-state index contributed by atoms with van der Waals surface area (Å²) in [5.41, 5.74) is 0. The number of aromatic carboxylic acids is 1. The molecule has 0 unspecified atom stereocenters. The molecule has 0 aliphatic heterocycles. The fraction of sp³-hybridized carbons (Fsp3) is 0.250. The molecule has 6 aromatic heterocycles. The van der Waals surface area contributed by atoms with E-state index in [4.69, 9.17) is 27.6 Å². The van der Waals surface area contributed by atoms with Crippen molar-refractivity contribution in [1.82, 2.24) is 14.3 Å². The van der Waals surface area contributed by atoms with Gasteiger partial charge in [-0.3, -0.25) is 9.59 Å². The van der Waals surface area contributed by atoms with Gasteiger partial charge >= 0.3 is 24.8 Å². The minimum Gasteiger partial charge on any atom is -0.870 e. The second-order valence-corrected chi connectivity index (χ2v) is 33.7. The molecular weight excluding hydrogens is 1210 g/mol. The average molecular weight is 1250 g/mol. The van der Waals surface area contributed by atoms with Crippen LogP contribution in [0.25, 0.3) is 0 Å². The zero-order chi connectivity index (χ0) is 51.6. The van der Waals surface area contributed by atoms with Gasteiger partial charge in [-0.1, -0.05) is 7.43 Å². The normalized spacial score (nSPS) is 11.6. The molecule has 0 aliphatic rings. The first kappa shape index (κ1) is 68.7. The van der Waals surface area contributed by atoms with Crippen LogP contribution in [-0.4, -0.2) is 97.4 Å². The topological polar surface area (TPSA) is 342 Å². The van der Waals surface area contributed by atoms with Gasteiger partial charge in [0.25, 0.3) is 9.05 Å². The van der Waals surface area contributed by atoms with Crippen molar-refractivity contribution in [3.05, 3.63) is 102 Å². The summed E-state index contributed by atoms with van der Waals surface area (Å²) in [5, 5.41) is 8.79. The first-order chi connectivity index (χ1) is 31.1. The summed E-state index contributed by atoms with van der Waals surface area (Å²) < 4.78 is 143. The Morgan fingerprint density at radius 1 is 0.479 bits per heavy atom. The average Bonchev–Trinajstić information content (AvgIpc) is 4.05. The van der Waals surface area contributed by atoms with E-state index in [1.165, 1.54) is 86.0 Å². The van der Waals surface area contributed by atoms with Gasteiger partial charge in [0.05, 0.1) is 9.75 Å². The number of carboxylic acids is 1. The van der Waals surface area contributed by atoms with Crippen LogP contribution in [0.4, 0.5) is 0 Å². The zero-order valence-corrected chi connectivity index (χ0v) is 48.0. The third-order valence-corrected chi connectivity index (χ3v) is 25.7. The van der Waals surface area contributed by atoms with Gasteiger partial charge < -0.3 is 10.6 Å². The van der Waals surface area contributed by atoms with Crippen LogP contribution in [0.3, 0.4) is 0 Å². The van der Waals surface area contributed by atoms with E-state index in [1.54, 1.807) is 18.2 Å². The standard InChI is InChI=1S/C12H13NO5S4.C11H11NO6S4.C6H8ClNO2S2.C6H5ClO3S2.CH4.Li.H2O/c1-8(14)10-4-6-12(20-10)22(17,18)13-7-9-3-5-11(19-9)21(2,15)16;1-21(15,16)9-4-2-7(19-9)6-12-22(17,18)10-5-3-8(20-10)11(13)14;1-12(9,10)6-3-2-5(11-6)4-8-7;1-4(8)5-2-3-6(11-5)12(7,9)10;;;/h3-6,13H,7H2,1-2H3;2-5,12H,6H2,1H3,(H,13,14);2-3,8H,4H2,1H3;2-3H,1H3;1H4;;1H2/q;;;;;+1;/p-1. The van der Waals surface area contributed by atoms with Crippen LogP contribution >= 0.6 is 90.5 Å². The van der Waals surface area contributed by atoms with Crippen molar-refractivity contribution in [3.8, 4) is 0 Å². The Morgan fingerprint density at radius 2 is 0.761 bits per heavy atom. The molecule has 20 nitrogen and oxygen atoms in total. The van der Waals surface area contributed by atoms with Crippen molar-refractivity contribution in [2.24, 2.45) is 0 Å². The molecule has 6 aromatic rings. The van der Waals surface area contributed by atoms with Gasteiger partial charge in [0.2, 0.25) is 20.0 Å². The first-order valence-corrected chi connectivity index (χ1v) is 34.0. The molecule has 0 aliphatic carbocycles. The van der Waals surface area contributed by atoms with Crippen molar-refractivity contribution >= 4 is 167 Å². The number of halogens is 2. The fourth-order valence-electron chi connectivity index (χ4n) is 4.37. The van der Waals surface area contributed by atoms with Crippen molar-refractivity contribution in [1.29, 1.82) is 0 Å². The third-order valence-electron chi connectivity index (χ3n) is 7.54. The second-order valence-electron chi connectivity index (χ2n) is 13.1. The van der Waals surface area contributed by atoms with Crippen LogP contribution in [-0.2, 0) is 78.2 Å². The first-order valence-electron chi connectivity index (χ1n) is 17.8. The van der Waals surface area contributed by atoms with E-state index in [2.05, 4.69) is 14.3 Å². The number of carbonyl (C=O) groups excluding carboxylic acids is 2. The Hall–Kier alpha value is -2.27. The molecule has 390 valence electrons. The summed E-state index contributed by atoms with van der Waals surface area (Å²) in [7, 11) is -15.8. The Balaban J connectivity index is 0.000000942. The molecule has 6 rings (SSSR count). The number of sulfonamides is 2. The van der Waals surface area contributed by atoms with Gasteiger partial charge in [-0.05, 0) is 98.4 Å². The van der Waals surface area contributed by atoms with Crippen LogP contribution in [0.5, 0.6) is 0 Å². The smallest absolute Gasteiger partial charge is 0.870 e. The van der Waals surface area contributed by atoms with Crippen molar-refractivity contribution < 1.29 is 94.3 Å². The zero-order valence-electron chi connectivity index (χ0n) is 36.7. The minimum absolute atomic E-state index is 0. The molecule has 71 heavy (non-hydrogen) atoms. The summed E-state index contributed by atoms with van der Waals surface area (Å²) in [6.45, 7) is 3.16. The van der Waals surface area contributed by atoms with Gasteiger partial charge in [0.1, 0.15) is 30.1 Å². The van der Waals surface area contributed by atoms with E-state index in [1.807, 2.05) is 0 Å². The molecule has 6 heterocycles. The largest absolute Gasteiger partial charge is 1.00 e. The molecule has 5 N–H and O–H groups in total. The van der Waals surface area contributed by atoms with E-state index in [-0.39, 0.29) is 82.3 Å². The molecule has 0 saturated heterocycles. The summed E-state index contributed by atoms with van der Waals surface area (Å²) in [6.07, 6.45) is 3.37. The SMILES string of the molecule is C.CC(=O)c1ccc(S(=O)(=O)Cl)s1.CC(=O)c1ccc(S(=O)(=O)NCc2ccc(S(C)(=O)=O)s2)s1.CS(=O)(=O)c1ccc(CNCl)s1.CS(=O)(=O)c1ccc(CNS(=O)(=O)c2ccc(C(=O)O)s2)s1.[Li+].[OH-]. The van der Waals surface area contributed by atoms with Crippen LogP contribution < -0.4 is 33.1 Å². The Morgan fingerprint density at radius 3 is 1.00 bits per heavy atom. The molecule has 0 amide bonds. The predicted molar refractivity (Wildman–Crippen MR) is 275 cm³/mol. The number of Topliss-reactive ketones (excluding diaryl/α,β-unsaturated/α-hetero) is 2. The molecule has 0 aromatic carbocycles. The molecule has 0 saturated carbocycles. The summed E-state index contributed by atoms with van der Waals surface area (Å²) >= 11 is 10.9. The van der Waals surface area contributed by atoms with Crippen LogP contribution in [0.1, 0.15) is 64.9 Å². The van der Waals surface area contributed by atoms with Gasteiger partial charge in [-0.15, -0.1) is 68.0 Å². The second kappa shape index (κ2) is 28.6. The van der Waals surface area contributed by atoms with Crippen LogP contribution in [0.2, 0.25) is 0 Å². The molecular formula is C36H42Cl2LiN3O17S12. The quantitative estimate of drug-likeness (QED) is 0.0433. The van der Waals surface area contributed by atoms with Crippen molar-refractivity contribution in [2.75, 3.05) is 18.8 Å². The fourth-order valence-corrected chi connectivity index (χ4v) is 16.9. The third kappa shape index (κ3) is 22.2. The van der Waals surface area contributed by atoms with E-state index in [9.17, 15) is 64.9 Å². The van der Waals surface area contributed by atoms with E-state index in [0.29, 0.717) is 41.6 Å². The predicted octanol–water partition coefficient (Wildman–Crippen LogP) is 4.02. The minimum atomic E-state index is -3.83. The summed E-state index contributed by atoms with van der Waals surface area (Å²) in [5.74, 6) is -1.54. The summed E-state index contributed by atoms with van der Waals surface area (Å²) in [4.78, 5) is 37.9. The van der Waals surface area contributed by atoms with E-state index in [0.717, 1.165) is 62.7 Å². The van der Waals surface area contributed by atoms with Crippen LogP contribution in [0, 0.1) is 0 Å². The monoisotopic (exact) mass is 1250 g/mol. The molecule has 0 bridgehead atoms. The van der Waals surface area contributed by atoms with Gasteiger partial charge in [0, 0.05) is 63.7 Å². The maximum atomic E-state index is 12.1. The number of hydrogen-bond acceptors (Lipinski definition) is 23. The number of thiophene rings is 6. The number of rotatable bonds is 17. The van der Waals surface area contributed by atoms with Gasteiger partial charge in [-0.2, -0.15) is 0 Å². The Labute approximate surface area is 457 Å². The number of carbonyl (C=O) groups is 3. The molecule has 0 radical (unpaired) electrons. The van der Waals surface area contributed by atoms with Crippen molar-refractivity contribution in [3.63, 3.8) is 0 Å². The Bertz CT molecular complexity index is 3310. The number of carboxylic acid groups (broad SMARTS) is 1. The number of hydrogen-bond donors (Lipinski definition) is 4. The number of nitrogens with one attached hydrogen (secondary N) is 3. The van der Waals surface area contributed by atoms with Gasteiger partial charge in [0.15, 0.2) is 41.1 Å². The van der Waals surface area contributed by atoms with E-state index < -0.39 is 64.6 Å². The summed E-state index contributed by atoms with van der Waals surface area (Å²) in [6, 6.07) is 17.3. The molecule has 35 heteroatoms.